The van der Waals surface area contributed by atoms with Gasteiger partial charge in [-0.05, 0) is 43.7 Å². The van der Waals surface area contributed by atoms with E-state index in [0.29, 0.717) is 17.6 Å². The first kappa shape index (κ1) is 16.7. The minimum atomic E-state index is -0.0452. The third-order valence-electron chi connectivity index (χ3n) is 4.83. The summed E-state index contributed by atoms with van der Waals surface area (Å²) in [6.45, 7) is 6.19. The molecule has 1 aromatic carbocycles. The fourth-order valence-corrected chi connectivity index (χ4v) is 3.52. The third kappa shape index (κ3) is 3.23. The van der Waals surface area contributed by atoms with Gasteiger partial charge in [0, 0.05) is 25.0 Å². The van der Waals surface area contributed by atoms with Gasteiger partial charge in [-0.25, -0.2) is 0 Å². The highest BCUT2D eigenvalue weighted by molar-refractivity contribution is 5.96. The summed E-state index contributed by atoms with van der Waals surface area (Å²) >= 11 is 0. The van der Waals surface area contributed by atoms with Crippen molar-refractivity contribution >= 4 is 16.7 Å². The number of benzene rings is 1. The zero-order valence-electron chi connectivity index (χ0n) is 14.7. The Labute approximate surface area is 143 Å². The third-order valence-corrected chi connectivity index (χ3v) is 4.83. The van der Waals surface area contributed by atoms with Crippen molar-refractivity contribution in [2.24, 2.45) is 0 Å². The van der Waals surface area contributed by atoms with Crippen molar-refractivity contribution in [3.63, 3.8) is 0 Å². The highest BCUT2D eigenvalue weighted by Gasteiger charge is 2.21. The molecular formula is C20H26N2O2. The molecule has 0 radical (unpaired) electrons. The van der Waals surface area contributed by atoms with E-state index in [9.17, 15) is 9.59 Å². The van der Waals surface area contributed by atoms with Crippen molar-refractivity contribution in [1.29, 1.82) is 0 Å². The molecule has 0 aliphatic carbocycles. The first-order chi connectivity index (χ1) is 11.6. The number of rotatable bonds is 3. The molecule has 1 saturated heterocycles. The molecule has 2 heterocycles. The van der Waals surface area contributed by atoms with E-state index in [1.807, 2.05) is 43.0 Å². The predicted octanol–water partition coefficient (Wildman–Crippen LogP) is 3.74. The Hall–Kier alpha value is -2.10. The molecule has 4 heteroatoms. The highest BCUT2D eigenvalue weighted by atomic mass is 16.2. The second-order valence-electron chi connectivity index (χ2n) is 6.78. The van der Waals surface area contributed by atoms with Crippen LogP contribution in [0.4, 0.5) is 0 Å². The Morgan fingerprint density at radius 2 is 1.79 bits per heavy atom. The van der Waals surface area contributed by atoms with Gasteiger partial charge >= 0.3 is 0 Å². The van der Waals surface area contributed by atoms with E-state index in [1.165, 1.54) is 12.8 Å². The molecule has 0 N–H and O–H groups in total. The van der Waals surface area contributed by atoms with Crippen LogP contribution in [-0.4, -0.2) is 28.5 Å². The van der Waals surface area contributed by atoms with E-state index in [1.54, 1.807) is 4.57 Å². The topological polar surface area (TPSA) is 42.3 Å². The molecule has 128 valence electrons. The van der Waals surface area contributed by atoms with Crippen molar-refractivity contribution in [2.45, 2.75) is 52.5 Å². The second-order valence-corrected chi connectivity index (χ2v) is 6.78. The number of aromatic nitrogens is 1. The Kier molecular flexibility index (Phi) is 5.03. The van der Waals surface area contributed by atoms with Crippen LogP contribution in [0, 0.1) is 6.92 Å². The summed E-state index contributed by atoms with van der Waals surface area (Å²) in [6.07, 6.45) is 5.30. The molecule has 1 amide bonds. The number of fused-ring (bicyclic) bond motifs is 1. The molecule has 1 aromatic heterocycles. The van der Waals surface area contributed by atoms with E-state index in [0.717, 1.165) is 43.3 Å². The normalized spacial score (nSPS) is 15.5. The van der Waals surface area contributed by atoms with Gasteiger partial charge in [0.05, 0.1) is 0 Å². The maximum Gasteiger partial charge on any atom is 0.270 e. The van der Waals surface area contributed by atoms with Crippen molar-refractivity contribution in [2.75, 3.05) is 13.1 Å². The van der Waals surface area contributed by atoms with E-state index >= 15 is 0 Å². The summed E-state index contributed by atoms with van der Waals surface area (Å²) in [4.78, 5) is 27.9. The monoisotopic (exact) mass is 326 g/mol. The number of hydrogen-bond acceptors (Lipinski definition) is 2. The molecule has 2 aromatic rings. The van der Waals surface area contributed by atoms with Gasteiger partial charge in [-0.3, -0.25) is 9.59 Å². The molecule has 0 bridgehead atoms. The summed E-state index contributed by atoms with van der Waals surface area (Å²) in [5.41, 5.74) is 1.56. The first-order valence-electron chi connectivity index (χ1n) is 9.05. The van der Waals surface area contributed by atoms with Gasteiger partial charge in [-0.15, -0.1) is 0 Å². The molecule has 0 spiro atoms. The SMILES string of the molecule is CCCn1c(C(=O)N2CCCCCC2)cc2ccc(C)cc2c1=O. The van der Waals surface area contributed by atoms with E-state index in [4.69, 9.17) is 0 Å². The quantitative estimate of drug-likeness (QED) is 0.862. The predicted molar refractivity (Wildman–Crippen MR) is 97.6 cm³/mol. The number of hydrogen-bond donors (Lipinski definition) is 0. The van der Waals surface area contributed by atoms with Gasteiger partial charge in [0.2, 0.25) is 0 Å². The van der Waals surface area contributed by atoms with Gasteiger partial charge in [-0.1, -0.05) is 37.5 Å². The molecule has 4 nitrogen and oxygen atoms in total. The van der Waals surface area contributed by atoms with Crippen LogP contribution in [0.3, 0.4) is 0 Å². The smallest absolute Gasteiger partial charge is 0.270 e. The maximum absolute atomic E-state index is 13.1. The Bertz CT molecular complexity index is 799. The maximum atomic E-state index is 13.1. The average molecular weight is 326 g/mol. The van der Waals surface area contributed by atoms with Crippen LogP contribution in [0.25, 0.3) is 10.8 Å². The molecule has 0 unspecified atom stereocenters. The van der Waals surface area contributed by atoms with Crippen molar-refractivity contribution in [3.8, 4) is 0 Å². The Balaban J connectivity index is 2.11. The molecule has 1 aliphatic rings. The van der Waals surface area contributed by atoms with Crippen LogP contribution in [0.5, 0.6) is 0 Å². The standard InChI is InChI=1S/C20H26N2O2/c1-3-10-22-18(20(24)21-11-6-4-5-7-12-21)14-16-9-8-15(2)13-17(16)19(22)23/h8-9,13-14H,3-7,10-12H2,1-2H3. The number of carbonyl (C=O) groups excluding carboxylic acids is 1. The number of carbonyl (C=O) groups is 1. The first-order valence-corrected chi connectivity index (χ1v) is 9.05. The van der Waals surface area contributed by atoms with E-state index in [-0.39, 0.29) is 11.5 Å². The van der Waals surface area contributed by atoms with Crippen LogP contribution < -0.4 is 5.56 Å². The summed E-state index contributed by atoms with van der Waals surface area (Å²) in [6, 6.07) is 7.76. The molecule has 0 atom stereocenters. The summed E-state index contributed by atoms with van der Waals surface area (Å²) < 4.78 is 1.68. The molecule has 0 saturated carbocycles. The number of likely N-dealkylation sites (tertiary alicyclic amines) is 1. The molecule has 24 heavy (non-hydrogen) atoms. The average Bonchev–Trinajstić information content (AvgIpc) is 2.86. The van der Waals surface area contributed by atoms with Crippen LogP contribution in [0.2, 0.25) is 0 Å². The lowest BCUT2D eigenvalue weighted by atomic mass is 10.1. The second kappa shape index (κ2) is 7.20. The van der Waals surface area contributed by atoms with Crippen LogP contribution in [0.15, 0.2) is 29.1 Å². The van der Waals surface area contributed by atoms with Crippen LogP contribution in [0.1, 0.15) is 55.1 Å². The number of aryl methyl sites for hydroxylation is 1. The molecule has 3 rings (SSSR count). The number of pyridine rings is 1. The Morgan fingerprint density at radius 1 is 1.08 bits per heavy atom. The lowest BCUT2D eigenvalue weighted by molar-refractivity contribution is 0.0749. The zero-order valence-corrected chi connectivity index (χ0v) is 14.7. The Morgan fingerprint density at radius 3 is 2.46 bits per heavy atom. The van der Waals surface area contributed by atoms with Gasteiger partial charge in [-0.2, -0.15) is 0 Å². The lowest BCUT2D eigenvalue weighted by Crippen LogP contribution is -2.36. The van der Waals surface area contributed by atoms with Gasteiger partial charge in [0.25, 0.3) is 11.5 Å². The van der Waals surface area contributed by atoms with Gasteiger partial charge < -0.3 is 9.47 Å². The molecule has 1 aliphatic heterocycles. The van der Waals surface area contributed by atoms with Crippen LogP contribution >= 0.6 is 0 Å². The molecular weight excluding hydrogens is 300 g/mol. The largest absolute Gasteiger partial charge is 0.337 e. The lowest BCUT2D eigenvalue weighted by Gasteiger charge is -2.23. The van der Waals surface area contributed by atoms with Gasteiger partial charge in [0.15, 0.2) is 0 Å². The summed E-state index contributed by atoms with van der Waals surface area (Å²) in [5.74, 6) is 0.00456. The number of amides is 1. The highest BCUT2D eigenvalue weighted by Crippen LogP contribution is 2.18. The summed E-state index contributed by atoms with van der Waals surface area (Å²) in [7, 11) is 0. The van der Waals surface area contributed by atoms with Crippen LogP contribution in [-0.2, 0) is 6.54 Å². The molecule has 1 fully saturated rings. The van der Waals surface area contributed by atoms with Crippen molar-refractivity contribution < 1.29 is 4.79 Å². The van der Waals surface area contributed by atoms with Crippen molar-refractivity contribution in [1.82, 2.24) is 9.47 Å². The summed E-state index contributed by atoms with van der Waals surface area (Å²) in [5, 5.41) is 1.56. The fraction of sp³-hybridized carbons (Fsp3) is 0.500. The number of nitrogens with zero attached hydrogens (tertiary/aromatic N) is 2. The fourth-order valence-electron chi connectivity index (χ4n) is 3.52. The minimum Gasteiger partial charge on any atom is -0.337 e. The van der Waals surface area contributed by atoms with E-state index in [2.05, 4.69) is 0 Å². The van der Waals surface area contributed by atoms with Gasteiger partial charge in [0.1, 0.15) is 5.69 Å². The van der Waals surface area contributed by atoms with Crippen molar-refractivity contribution in [3.05, 3.63) is 45.9 Å². The van der Waals surface area contributed by atoms with E-state index < -0.39 is 0 Å². The minimum absolute atomic E-state index is 0.00456. The zero-order chi connectivity index (χ0) is 17.1.